The lowest BCUT2D eigenvalue weighted by atomic mass is 10.2. The van der Waals surface area contributed by atoms with Crippen LogP contribution in [0.1, 0.15) is 24.6 Å². The highest BCUT2D eigenvalue weighted by Crippen LogP contribution is 2.22. The average molecular weight is 267 g/mol. The molecule has 18 heavy (non-hydrogen) atoms. The van der Waals surface area contributed by atoms with Gasteiger partial charge in [0.1, 0.15) is 0 Å². The number of nitrogens with zero attached hydrogens (tertiary/aromatic N) is 1. The number of hydrogen-bond donors (Lipinski definition) is 2. The predicted molar refractivity (Wildman–Crippen MR) is 76.0 cm³/mol. The summed E-state index contributed by atoms with van der Waals surface area (Å²) in [6.07, 6.45) is 2.59. The summed E-state index contributed by atoms with van der Waals surface area (Å²) in [5, 5.41) is 8.37. The van der Waals surface area contributed by atoms with E-state index >= 15 is 0 Å². The van der Waals surface area contributed by atoms with E-state index in [4.69, 9.17) is 0 Å². The summed E-state index contributed by atoms with van der Waals surface area (Å²) < 4.78 is 0. The highest BCUT2D eigenvalue weighted by molar-refractivity contribution is 7.10. The van der Waals surface area contributed by atoms with E-state index in [1.54, 1.807) is 18.3 Å². The van der Waals surface area contributed by atoms with Gasteiger partial charge in [-0.25, -0.2) is 0 Å². The van der Waals surface area contributed by atoms with Gasteiger partial charge >= 0.3 is 0 Å². The first-order valence-electron chi connectivity index (χ1n) is 6.41. The molecule has 100 valence electrons. The van der Waals surface area contributed by atoms with Crippen molar-refractivity contribution in [1.82, 2.24) is 10.2 Å². The Morgan fingerprint density at radius 3 is 3.11 bits per heavy atom. The molecule has 4 nitrogen and oxygen atoms in total. The zero-order valence-corrected chi connectivity index (χ0v) is 11.8. The Bertz CT molecular complexity index is 405. The van der Waals surface area contributed by atoms with Gasteiger partial charge < -0.3 is 15.5 Å². The summed E-state index contributed by atoms with van der Waals surface area (Å²) in [5.41, 5.74) is 0.944. The lowest BCUT2D eigenvalue weighted by Crippen LogP contribution is -2.35. The minimum absolute atomic E-state index is 0.00910. The second-order valence-electron chi connectivity index (χ2n) is 4.85. The van der Waals surface area contributed by atoms with E-state index in [-0.39, 0.29) is 5.91 Å². The molecular formula is C13H21N3OS. The lowest BCUT2D eigenvalue weighted by Gasteiger charge is -2.19. The Morgan fingerprint density at radius 2 is 2.44 bits per heavy atom. The average Bonchev–Trinajstić information content (AvgIpc) is 2.89. The molecule has 5 heteroatoms. The molecule has 2 N–H and O–H groups in total. The Kier molecular flexibility index (Phi) is 4.74. The van der Waals surface area contributed by atoms with Gasteiger partial charge in [-0.15, -0.1) is 11.3 Å². The third kappa shape index (κ3) is 3.54. The fraction of sp³-hybridized carbons (Fsp3) is 0.615. The summed E-state index contributed by atoms with van der Waals surface area (Å²) >= 11 is 1.68. The molecule has 1 aliphatic heterocycles. The summed E-state index contributed by atoms with van der Waals surface area (Å²) in [4.78, 5) is 14.7. The number of nitrogens with one attached hydrogen (secondary N) is 2. The standard InChI is InChI=1S/C13H21N3OS/c1-10(17)15-12-5-7-18-13(12)9-14-8-11-4-3-6-16(11)2/h5,7,11,14H,3-4,6,8-9H2,1-2H3,(H,15,17). The SMILES string of the molecule is CC(=O)Nc1ccsc1CNCC1CCCN1C. The van der Waals surface area contributed by atoms with Crippen molar-refractivity contribution in [3.8, 4) is 0 Å². The van der Waals surface area contributed by atoms with Gasteiger partial charge in [-0.3, -0.25) is 4.79 Å². The van der Waals surface area contributed by atoms with Crippen molar-refractivity contribution in [1.29, 1.82) is 0 Å². The van der Waals surface area contributed by atoms with Crippen molar-refractivity contribution in [2.75, 3.05) is 25.5 Å². The van der Waals surface area contributed by atoms with E-state index < -0.39 is 0 Å². The maximum atomic E-state index is 11.1. The molecular weight excluding hydrogens is 246 g/mol. The van der Waals surface area contributed by atoms with E-state index in [1.807, 2.05) is 11.4 Å². The summed E-state index contributed by atoms with van der Waals surface area (Å²) in [6, 6.07) is 2.62. The zero-order valence-electron chi connectivity index (χ0n) is 11.0. The molecule has 1 aromatic rings. The van der Waals surface area contributed by atoms with Gasteiger partial charge in [0, 0.05) is 30.9 Å². The number of likely N-dealkylation sites (N-methyl/N-ethyl adjacent to an activating group) is 1. The second kappa shape index (κ2) is 6.31. The Balaban J connectivity index is 1.79. The molecule has 1 atom stereocenters. The third-order valence-electron chi connectivity index (χ3n) is 3.39. The topological polar surface area (TPSA) is 44.4 Å². The summed E-state index contributed by atoms with van der Waals surface area (Å²) in [7, 11) is 2.19. The number of carbonyl (C=O) groups excluding carboxylic acids is 1. The number of hydrogen-bond acceptors (Lipinski definition) is 4. The molecule has 1 unspecified atom stereocenters. The molecule has 0 aliphatic carbocycles. The number of likely N-dealkylation sites (tertiary alicyclic amines) is 1. The molecule has 2 heterocycles. The van der Waals surface area contributed by atoms with Gasteiger partial charge in [0.05, 0.1) is 5.69 Å². The Labute approximate surface area is 112 Å². The maximum absolute atomic E-state index is 11.1. The largest absolute Gasteiger partial charge is 0.325 e. The summed E-state index contributed by atoms with van der Waals surface area (Å²) in [6.45, 7) is 4.61. The second-order valence-corrected chi connectivity index (χ2v) is 5.85. The highest BCUT2D eigenvalue weighted by atomic mass is 32.1. The van der Waals surface area contributed by atoms with Crippen molar-refractivity contribution in [2.24, 2.45) is 0 Å². The van der Waals surface area contributed by atoms with Crippen molar-refractivity contribution in [3.05, 3.63) is 16.3 Å². The smallest absolute Gasteiger partial charge is 0.221 e. The van der Waals surface area contributed by atoms with Crippen LogP contribution in [0.4, 0.5) is 5.69 Å². The quantitative estimate of drug-likeness (QED) is 0.856. The van der Waals surface area contributed by atoms with Gasteiger partial charge in [0.15, 0.2) is 0 Å². The van der Waals surface area contributed by atoms with Crippen LogP contribution in [-0.2, 0) is 11.3 Å². The summed E-state index contributed by atoms with van der Waals surface area (Å²) in [5.74, 6) is -0.00910. The van der Waals surface area contributed by atoms with Gasteiger partial charge in [-0.1, -0.05) is 0 Å². The molecule has 0 aromatic carbocycles. The number of amides is 1. The van der Waals surface area contributed by atoms with Crippen LogP contribution in [-0.4, -0.2) is 37.0 Å². The molecule has 1 aliphatic rings. The fourth-order valence-electron chi connectivity index (χ4n) is 2.37. The molecule has 1 fully saturated rings. The fourth-order valence-corrected chi connectivity index (χ4v) is 3.17. The molecule has 1 saturated heterocycles. The first kappa shape index (κ1) is 13.5. The predicted octanol–water partition coefficient (Wildman–Crippen LogP) is 1.89. The van der Waals surface area contributed by atoms with Crippen LogP contribution in [0.25, 0.3) is 0 Å². The van der Waals surface area contributed by atoms with Crippen LogP contribution in [0, 0.1) is 0 Å². The van der Waals surface area contributed by atoms with E-state index in [0.29, 0.717) is 6.04 Å². The third-order valence-corrected chi connectivity index (χ3v) is 4.31. The minimum atomic E-state index is -0.00910. The molecule has 2 rings (SSSR count). The van der Waals surface area contributed by atoms with Crippen molar-refractivity contribution in [3.63, 3.8) is 0 Å². The first-order chi connectivity index (χ1) is 8.66. The molecule has 0 saturated carbocycles. The first-order valence-corrected chi connectivity index (χ1v) is 7.29. The monoisotopic (exact) mass is 267 g/mol. The van der Waals surface area contributed by atoms with Crippen LogP contribution >= 0.6 is 11.3 Å². The van der Waals surface area contributed by atoms with Gasteiger partial charge in [-0.05, 0) is 37.9 Å². The van der Waals surface area contributed by atoms with Crippen LogP contribution in [0.2, 0.25) is 0 Å². The van der Waals surface area contributed by atoms with E-state index in [1.165, 1.54) is 24.3 Å². The number of carbonyl (C=O) groups is 1. The van der Waals surface area contributed by atoms with Gasteiger partial charge in [0.2, 0.25) is 5.91 Å². The van der Waals surface area contributed by atoms with Crippen LogP contribution in [0.5, 0.6) is 0 Å². The highest BCUT2D eigenvalue weighted by Gasteiger charge is 2.20. The zero-order chi connectivity index (χ0) is 13.0. The molecule has 0 spiro atoms. The van der Waals surface area contributed by atoms with Crippen molar-refractivity contribution in [2.45, 2.75) is 32.4 Å². The number of thiophene rings is 1. The lowest BCUT2D eigenvalue weighted by molar-refractivity contribution is -0.114. The van der Waals surface area contributed by atoms with Crippen LogP contribution in [0.3, 0.4) is 0 Å². The normalized spacial score (nSPS) is 20.2. The van der Waals surface area contributed by atoms with Crippen molar-refractivity contribution < 1.29 is 4.79 Å². The Morgan fingerprint density at radius 1 is 1.61 bits per heavy atom. The molecule has 0 bridgehead atoms. The van der Waals surface area contributed by atoms with Crippen molar-refractivity contribution >= 4 is 22.9 Å². The van der Waals surface area contributed by atoms with E-state index in [0.717, 1.165) is 18.8 Å². The van der Waals surface area contributed by atoms with Crippen LogP contribution in [0.15, 0.2) is 11.4 Å². The number of anilines is 1. The molecule has 1 aromatic heterocycles. The molecule has 1 amide bonds. The molecule has 0 radical (unpaired) electrons. The Hall–Kier alpha value is -0.910. The van der Waals surface area contributed by atoms with E-state index in [2.05, 4.69) is 22.6 Å². The minimum Gasteiger partial charge on any atom is -0.325 e. The van der Waals surface area contributed by atoms with Crippen LogP contribution < -0.4 is 10.6 Å². The number of rotatable bonds is 5. The maximum Gasteiger partial charge on any atom is 0.221 e. The van der Waals surface area contributed by atoms with Gasteiger partial charge in [-0.2, -0.15) is 0 Å². The van der Waals surface area contributed by atoms with E-state index in [9.17, 15) is 4.79 Å². The van der Waals surface area contributed by atoms with Gasteiger partial charge in [0.25, 0.3) is 0 Å².